The molecule has 224 valence electrons. The lowest BCUT2D eigenvalue weighted by Crippen LogP contribution is -2.21. The number of hydrogen-bond donors (Lipinski definition) is 2. The standard InChI is InChI=1S/C30H39N7O4S/c1-18-11-12-20(13-25(18)37-17-24(33-35-37)26-16-31-28(36(26)5)19-9-8-10-19)29(38)32-22-14-21(30(2,3)4)15-23(27(22)41-6)34-42(7,39)40/h11-16,19,24,34H,8-10,17H2,1-7H3,(H,32,38). The first-order valence-electron chi connectivity index (χ1n) is 14.1. The smallest absolute Gasteiger partial charge is 0.255 e. The molecule has 2 heterocycles. The lowest BCUT2D eigenvalue weighted by Gasteiger charge is -2.25. The van der Waals surface area contributed by atoms with Crippen molar-refractivity contribution < 1.29 is 17.9 Å². The van der Waals surface area contributed by atoms with Crippen molar-refractivity contribution in [3.05, 3.63) is 64.7 Å². The molecular formula is C30H39N7O4S. The van der Waals surface area contributed by atoms with Crippen molar-refractivity contribution in [3.8, 4) is 5.75 Å². The molecule has 1 aromatic heterocycles. The molecule has 1 fully saturated rings. The van der Waals surface area contributed by atoms with Crippen molar-refractivity contribution in [2.45, 2.75) is 64.3 Å². The van der Waals surface area contributed by atoms with Crippen molar-refractivity contribution in [2.75, 3.05) is 35.0 Å². The Balaban J connectivity index is 1.39. The first-order chi connectivity index (χ1) is 19.7. The van der Waals surface area contributed by atoms with Gasteiger partial charge >= 0.3 is 0 Å². The molecule has 2 aliphatic rings. The van der Waals surface area contributed by atoms with Crippen LogP contribution in [0.5, 0.6) is 5.75 Å². The Kier molecular flexibility index (Phi) is 7.78. The minimum absolute atomic E-state index is 0.154. The fourth-order valence-corrected chi connectivity index (χ4v) is 5.88. The van der Waals surface area contributed by atoms with Gasteiger partial charge in [0.05, 0.1) is 48.9 Å². The van der Waals surface area contributed by atoms with Gasteiger partial charge in [-0.15, -0.1) is 0 Å². The van der Waals surface area contributed by atoms with Gasteiger partial charge in [0.25, 0.3) is 5.91 Å². The van der Waals surface area contributed by atoms with E-state index in [1.54, 1.807) is 18.2 Å². The average Bonchev–Trinajstić information content (AvgIpc) is 3.49. The maximum atomic E-state index is 13.6. The van der Waals surface area contributed by atoms with Gasteiger partial charge in [0.1, 0.15) is 11.9 Å². The van der Waals surface area contributed by atoms with E-state index in [0.717, 1.165) is 34.6 Å². The Morgan fingerprint density at radius 3 is 2.45 bits per heavy atom. The summed E-state index contributed by atoms with van der Waals surface area (Å²) in [6.07, 6.45) is 6.59. The number of nitrogens with zero attached hydrogens (tertiary/aromatic N) is 5. The van der Waals surface area contributed by atoms with Gasteiger partial charge in [0.15, 0.2) is 5.75 Å². The fourth-order valence-electron chi connectivity index (χ4n) is 5.33. The van der Waals surface area contributed by atoms with Gasteiger partial charge in [-0.2, -0.15) is 5.11 Å². The zero-order chi connectivity index (χ0) is 30.4. The Morgan fingerprint density at radius 1 is 1.12 bits per heavy atom. The van der Waals surface area contributed by atoms with E-state index in [1.807, 2.05) is 58.1 Å². The number of amides is 1. The van der Waals surface area contributed by atoms with E-state index in [4.69, 9.17) is 4.74 Å². The number of hydrogen-bond acceptors (Lipinski definition) is 8. The molecule has 0 spiro atoms. The number of anilines is 3. The molecule has 5 rings (SSSR count). The van der Waals surface area contributed by atoms with Gasteiger partial charge in [-0.25, -0.2) is 18.4 Å². The third-order valence-corrected chi connectivity index (χ3v) is 8.56. The van der Waals surface area contributed by atoms with Crippen LogP contribution in [0, 0.1) is 6.92 Å². The zero-order valence-electron chi connectivity index (χ0n) is 25.2. The number of benzene rings is 2. The molecule has 42 heavy (non-hydrogen) atoms. The summed E-state index contributed by atoms with van der Waals surface area (Å²) < 4.78 is 34.4. The largest absolute Gasteiger partial charge is 0.492 e. The van der Waals surface area contributed by atoms with Crippen LogP contribution in [-0.4, -0.2) is 43.8 Å². The topological polar surface area (TPSA) is 130 Å². The second-order valence-corrected chi connectivity index (χ2v) is 14.0. The van der Waals surface area contributed by atoms with E-state index in [0.29, 0.717) is 23.7 Å². The maximum absolute atomic E-state index is 13.6. The van der Waals surface area contributed by atoms with Crippen molar-refractivity contribution in [1.82, 2.24) is 9.55 Å². The molecule has 1 atom stereocenters. The SMILES string of the molecule is COc1c(NC(=O)c2ccc(C)c(N3CC(c4cnc(C5CCC5)n4C)N=N3)c2)cc(C(C)(C)C)cc1NS(C)(=O)=O. The summed E-state index contributed by atoms with van der Waals surface area (Å²) in [7, 11) is -0.110. The third-order valence-electron chi connectivity index (χ3n) is 7.97. The Labute approximate surface area is 247 Å². The second-order valence-electron chi connectivity index (χ2n) is 12.2. The van der Waals surface area contributed by atoms with E-state index >= 15 is 0 Å². The predicted molar refractivity (Wildman–Crippen MR) is 164 cm³/mol. The number of rotatable bonds is 8. The van der Waals surface area contributed by atoms with Gasteiger partial charge in [0, 0.05) is 18.5 Å². The summed E-state index contributed by atoms with van der Waals surface area (Å²) in [5.74, 6) is 1.50. The molecule has 1 aliphatic carbocycles. The van der Waals surface area contributed by atoms with Crippen molar-refractivity contribution in [1.29, 1.82) is 0 Å². The lowest BCUT2D eigenvalue weighted by atomic mass is 9.85. The molecule has 1 amide bonds. The number of ether oxygens (including phenoxy) is 1. The van der Waals surface area contributed by atoms with Crippen molar-refractivity contribution in [2.24, 2.45) is 17.4 Å². The van der Waals surface area contributed by atoms with Crippen LogP contribution < -0.4 is 19.8 Å². The Bertz CT molecular complexity index is 1650. The molecule has 12 heteroatoms. The molecule has 0 radical (unpaired) electrons. The normalized spacial score (nSPS) is 17.3. The monoisotopic (exact) mass is 593 g/mol. The molecular weight excluding hydrogens is 554 g/mol. The summed E-state index contributed by atoms with van der Waals surface area (Å²) in [6, 6.07) is 8.81. The minimum atomic E-state index is -3.59. The zero-order valence-corrected chi connectivity index (χ0v) is 26.0. The summed E-state index contributed by atoms with van der Waals surface area (Å²) in [5.41, 5.74) is 4.31. The first-order valence-corrected chi connectivity index (χ1v) is 16.0. The number of sulfonamides is 1. The number of carbonyl (C=O) groups is 1. The highest BCUT2D eigenvalue weighted by atomic mass is 32.2. The number of imidazole rings is 1. The Hall–Kier alpha value is -3.93. The van der Waals surface area contributed by atoms with E-state index in [1.165, 1.54) is 26.4 Å². The fraction of sp³-hybridized carbons (Fsp3) is 0.467. The van der Waals surface area contributed by atoms with Crippen molar-refractivity contribution >= 4 is 33.0 Å². The maximum Gasteiger partial charge on any atom is 0.255 e. The van der Waals surface area contributed by atoms with E-state index in [-0.39, 0.29) is 28.8 Å². The van der Waals surface area contributed by atoms with E-state index < -0.39 is 10.0 Å². The highest BCUT2D eigenvalue weighted by Crippen LogP contribution is 2.40. The summed E-state index contributed by atoms with van der Waals surface area (Å²) in [5, 5.41) is 13.7. The lowest BCUT2D eigenvalue weighted by molar-refractivity contribution is 0.102. The van der Waals surface area contributed by atoms with Gasteiger partial charge in [-0.3, -0.25) is 9.52 Å². The molecule has 1 saturated carbocycles. The predicted octanol–water partition coefficient (Wildman–Crippen LogP) is 5.85. The van der Waals surface area contributed by atoms with Gasteiger partial charge in [-0.05, 0) is 60.6 Å². The molecule has 2 N–H and O–H groups in total. The van der Waals surface area contributed by atoms with Crippen LogP contribution in [0.25, 0.3) is 0 Å². The van der Waals surface area contributed by atoms with Crippen molar-refractivity contribution in [3.63, 3.8) is 0 Å². The van der Waals surface area contributed by atoms with Gasteiger partial charge in [-0.1, -0.05) is 38.5 Å². The van der Waals surface area contributed by atoms with Gasteiger partial charge < -0.3 is 14.6 Å². The summed E-state index contributed by atoms with van der Waals surface area (Å²) in [4.78, 5) is 18.2. The van der Waals surface area contributed by atoms with Gasteiger partial charge in [0.2, 0.25) is 10.0 Å². The van der Waals surface area contributed by atoms with E-state index in [9.17, 15) is 13.2 Å². The Morgan fingerprint density at radius 2 is 1.83 bits per heavy atom. The summed E-state index contributed by atoms with van der Waals surface area (Å²) in [6.45, 7) is 8.53. The molecule has 11 nitrogen and oxygen atoms in total. The first kappa shape index (κ1) is 29.6. The highest BCUT2D eigenvalue weighted by molar-refractivity contribution is 7.92. The number of nitrogens with one attached hydrogen (secondary N) is 2. The molecule has 1 aliphatic heterocycles. The number of carbonyl (C=O) groups excluding carboxylic acids is 1. The average molecular weight is 594 g/mol. The van der Waals surface area contributed by atoms with E-state index in [2.05, 4.69) is 29.9 Å². The summed E-state index contributed by atoms with van der Waals surface area (Å²) >= 11 is 0. The number of methoxy groups -OCH3 is 1. The quantitative estimate of drug-likeness (QED) is 0.337. The highest BCUT2D eigenvalue weighted by Gasteiger charge is 2.30. The molecule has 0 saturated heterocycles. The van der Waals surface area contributed by atoms with Crippen LogP contribution in [0.1, 0.15) is 85.0 Å². The van der Waals surface area contributed by atoms with Crippen LogP contribution in [0.3, 0.4) is 0 Å². The van der Waals surface area contributed by atoms with Crippen LogP contribution in [-0.2, 0) is 22.5 Å². The minimum Gasteiger partial charge on any atom is -0.492 e. The molecule has 1 unspecified atom stereocenters. The molecule has 2 aromatic carbocycles. The van der Waals surface area contributed by atoms with Crippen LogP contribution in [0.2, 0.25) is 0 Å². The van der Waals surface area contributed by atoms with Crippen LogP contribution in [0.4, 0.5) is 17.1 Å². The number of aromatic nitrogens is 2. The molecule has 0 bridgehead atoms. The second kappa shape index (κ2) is 11.0. The third kappa shape index (κ3) is 5.99. The number of aryl methyl sites for hydroxylation is 1. The van der Waals surface area contributed by atoms with Crippen LogP contribution in [0.15, 0.2) is 46.9 Å². The van der Waals surface area contributed by atoms with Crippen LogP contribution >= 0.6 is 0 Å². The molecule has 3 aromatic rings.